The summed E-state index contributed by atoms with van der Waals surface area (Å²) in [6.45, 7) is 0. The minimum atomic E-state index is -0.143. The number of aliphatic hydroxyl groups excluding tert-OH is 1. The maximum Gasteiger partial charge on any atom is 0.227 e. The van der Waals surface area contributed by atoms with Crippen LogP contribution >= 0.6 is 0 Å². The summed E-state index contributed by atoms with van der Waals surface area (Å²) >= 11 is 0. The Morgan fingerprint density at radius 2 is 1.94 bits per heavy atom. The topological polar surface area (TPSA) is 52.5 Å². The van der Waals surface area contributed by atoms with Crippen LogP contribution in [0.2, 0.25) is 0 Å². The number of aliphatic hydroxyl groups is 1. The standard InChI is InChI=1S/C13H20N4O/c1-16(2)12-5-6-14-13(15-12)17-9-3-4-10(17)8-11(18)7-9/h5-6,9-11,18H,3-4,7-8H2,1-2H3. The van der Waals surface area contributed by atoms with Gasteiger partial charge in [-0.15, -0.1) is 0 Å². The quantitative estimate of drug-likeness (QED) is 0.847. The minimum absolute atomic E-state index is 0.143. The van der Waals surface area contributed by atoms with Gasteiger partial charge in [-0.1, -0.05) is 0 Å². The maximum absolute atomic E-state index is 9.82. The first-order valence-corrected chi connectivity index (χ1v) is 6.62. The van der Waals surface area contributed by atoms with E-state index in [-0.39, 0.29) is 6.10 Å². The third kappa shape index (κ3) is 1.92. The van der Waals surface area contributed by atoms with Gasteiger partial charge < -0.3 is 14.9 Å². The van der Waals surface area contributed by atoms with E-state index in [1.54, 1.807) is 0 Å². The molecule has 5 nitrogen and oxygen atoms in total. The Bertz CT molecular complexity index is 423. The smallest absolute Gasteiger partial charge is 0.227 e. The van der Waals surface area contributed by atoms with Gasteiger partial charge in [-0.3, -0.25) is 0 Å². The molecule has 3 rings (SSSR count). The average Bonchev–Trinajstić information content (AvgIpc) is 2.62. The molecular formula is C13H20N4O. The van der Waals surface area contributed by atoms with Crippen molar-refractivity contribution in [1.82, 2.24) is 9.97 Å². The molecule has 0 saturated carbocycles. The molecule has 2 fully saturated rings. The van der Waals surface area contributed by atoms with Gasteiger partial charge in [-0.2, -0.15) is 4.98 Å². The molecule has 2 unspecified atom stereocenters. The third-order valence-electron chi connectivity index (χ3n) is 4.03. The highest BCUT2D eigenvalue weighted by atomic mass is 16.3. The molecule has 1 aromatic rings. The molecule has 0 aromatic carbocycles. The summed E-state index contributed by atoms with van der Waals surface area (Å²) in [5.74, 6) is 1.76. The normalized spacial score (nSPS) is 30.6. The molecule has 0 amide bonds. The van der Waals surface area contributed by atoms with E-state index < -0.39 is 0 Å². The number of piperidine rings is 1. The van der Waals surface area contributed by atoms with E-state index in [4.69, 9.17) is 0 Å². The molecule has 98 valence electrons. The van der Waals surface area contributed by atoms with Gasteiger partial charge in [0.05, 0.1) is 6.10 Å². The molecule has 2 aliphatic heterocycles. The first-order valence-electron chi connectivity index (χ1n) is 6.62. The first-order chi connectivity index (χ1) is 8.65. The van der Waals surface area contributed by atoms with Crippen LogP contribution in [-0.2, 0) is 0 Å². The second-order valence-corrected chi connectivity index (χ2v) is 5.53. The molecule has 0 radical (unpaired) electrons. The zero-order valence-corrected chi connectivity index (χ0v) is 11.0. The fourth-order valence-electron chi connectivity index (χ4n) is 3.19. The van der Waals surface area contributed by atoms with Crippen LogP contribution in [0.15, 0.2) is 12.3 Å². The molecule has 3 heterocycles. The van der Waals surface area contributed by atoms with Crippen molar-refractivity contribution in [2.75, 3.05) is 23.9 Å². The molecular weight excluding hydrogens is 228 g/mol. The lowest BCUT2D eigenvalue weighted by atomic mass is 10.0. The van der Waals surface area contributed by atoms with Crippen LogP contribution in [-0.4, -0.2) is 47.4 Å². The van der Waals surface area contributed by atoms with Gasteiger partial charge in [-0.05, 0) is 31.7 Å². The average molecular weight is 248 g/mol. The Balaban J connectivity index is 1.89. The first kappa shape index (κ1) is 11.7. The SMILES string of the molecule is CN(C)c1ccnc(N2C3CCC2CC(O)C3)n1. The molecule has 1 aromatic heterocycles. The van der Waals surface area contributed by atoms with Crippen molar-refractivity contribution in [2.45, 2.75) is 43.9 Å². The summed E-state index contributed by atoms with van der Waals surface area (Å²) in [5, 5.41) is 9.82. The molecule has 5 heteroatoms. The van der Waals surface area contributed by atoms with E-state index in [9.17, 15) is 5.11 Å². The number of hydrogen-bond donors (Lipinski definition) is 1. The van der Waals surface area contributed by atoms with Crippen molar-refractivity contribution in [3.05, 3.63) is 12.3 Å². The van der Waals surface area contributed by atoms with E-state index in [1.807, 2.05) is 31.3 Å². The second-order valence-electron chi connectivity index (χ2n) is 5.53. The van der Waals surface area contributed by atoms with E-state index >= 15 is 0 Å². The summed E-state index contributed by atoms with van der Waals surface area (Å²) in [5.41, 5.74) is 0. The molecule has 2 atom stereocenters. The lowest BCUT2D eigenvalue weighted by Gasteiger charge is -2.37. The van der Waals surface area contributed by atoms with Crippen molar-refractivity contribution in [2.24, 2.45) is 0 Å². The van der Waals surface area contributed by atoms with Crippen LogP contribution in [0.25, 0.3) is 0 Å². The van der Waals surface area contributed by atoms with E-state index in [0.29, 0.717) is 12.1 Å². The Morgan fingerprint density at radius 1 is 1.28 bits per heavy atom. The number of nitrogens with zero attached hydrogens (tertiary/aromatic N) is 4. The van der Waals surface area contributed by atoms with E-state index in [1.165, 1.54) is 0 Å². The van der Waals surface area contributed by atoms with Crippen molar-refractivity contribution in [3.8, 4) is 0 Å². The highest BCUT2D eigenvalue weighted by molar-refractivity contribution is 5.45. The van der Waals surface area contributed by atoms with Crippen molar-refractivity contribution in [1.29, 1.82) is 0 Å². The third-order valence-corrected chi connectivity index (χ3v) is 4.03. The predicted molar refractivity (Wildman–Crippen MR) is 70.9 cm³/mol. The van der Waals surface area contributed by atoms with Crippen molar-refractivity contribution < 1.29 is 5.11 Å². The van der Waals surface area contributed by atoms with E-state index in [2.05, 4.69) is 14.9 Å². The molecule has 2 saturated heterocycles. The number of rotatable bonds is 2. The number of anilines is 2. The summed E-state index contributed by atoms with van der Waals surface area (Å²) < 4.78 is 0. The zero-order chi connectivity index (χ0) is 12.7. The van der Waals surface area contributed by atoms with Crippen LogP contribution in [0.3, 0.4) is 0 Å². The Hall–Kier alpha value is -1.36. The number of fused-ring (bicyclic) bond motifs is 2. The molecule has 2 bridgehead atoms. The minimum Gasteiger partial charge on any atom is -0.393 e. The van der Waals surface area contributed by atoms with Gasteiger partial charge >= 0.3 is 0 Å². The monoisotopic (exact) mass is 248 g/mol. The van der Waals surface area contributed by atoms with Gasteiger partial charge in [0.2, 0.25) is 5.95 Å². The second kappa shape index (κ2) is 4.39. The van der Waals surface area contributed by atoms with Crippen LogP contribution in [0, 0.1) is 0 Å². The summed E-state index contributed by atoms with van der Waals surface area (Å²) in [4.78, 5) is 13.3. The van der Waals surface area contributed by atoms with Crippen LogP contribution in [0.4, 0.5) is 11.8 Å². The van der Waals surface area contributed by atoms with Gasteiger partial charge in [0, 0.05) is 32.4 Å². The number of hydrogen-bond acceptors (Lipinski definition) is 5. The van der Waals surface area contributed by atoms with Crippen LogP contribution in [0.5, 0.6) is 0 Å². The van der Waals surface area contributed by atoms with Crippen LogP contribution in [0.1, 0.15) is 25.7 Å². The predicted octanol–water partition coefficient (Wildman–Crippen LogP) is 1.03. The summed E-state index contributed by atoms with van der Waals surface area (Å²) in [7, 11) is 3.97. The molecule has 2 aliphatic rings. The number of aromatic nitrogens is 2. The van der Waals surface area contributed by atoms with Gasteiger partial charge in [-0.25, -0.2) is 4.98 Å². The highest BCUT2D eigenvalue weighted by Crippen LogP contribution is 2.38. The largest absolute Gasteiger partial charge is 0.393 e. The molecule has 18 heavy (non-hydrogen) atoms. The molecule has 0 aliphatic carbocycles. The Labute approximate surface area is 107 Å². The van der Waals surface area contributed by atoms with Crippen molar-refractivity contribution in [3.63, 3.8) is 0 Å². The lowest BCUT2D eigenvalue weighted by Crippen LogP contribution is -2.45. The Morgan fingerprint density at radius 3 is 2.56 bits per heavy atom. The highest BCUT2D eigenvalue weighted by Gasteiger charge is 2.41. The zero-order valence-electron chi connectivity index (χ0n) is 11.0. The van der Waals surface area contributed by atoms with Gasteiger partial charge in [0.15, 0.2) is 0 Å². The molecule has 0 spiro atoms. The van der Waals surface area contributed by atoms with Gasteiger partial charge in [0.25, 0.3) is 0 Å². The fraction of sp³-hybridized carbons (Fsp3) is 0.692. The maximum atomic E-state index is 9.82. The molecule has 1 N–H and O–H groups in total. The van der Waals surface area contributed by atoms with E-state index in [0.717, 1.165) is 37.4 Å². The van der Waals surface area contributed by atoms with Crippen molar-refractivity contribution >= 4 is 11.8 Å². The van der Waals surface area contributed by atoms with Gasteiger partial charge in [0.1, 0.15) is 5.82 Å². The Kier molecular flexibility index (Phi) is 2.86. The summed E-state index contributed by atoms with van der Waals surface area (Å²) in [6.07, 6.45) is 5.69. The fourth-order valence-corrected chi connectivity index (χ4v) is 3.19. The summed E-state index contributed by atoms with van der Waals surface area (Å²) in [6, 6.07) is 2.75. The van der Waals surface area contributed by atoms with Crippen LogP contribution < -0.4 is 9.80 Å². The lowest BCUT2D eigenvalue weighted by molar-refractivity contribution is 0.125.